The van der Waals surface area contributed by atoms with Crippen molar-refractivity contribution < 1.29 is 4.39 Å². The molecule has 11 heavy (non-hydrogen) atoms. The van der Waals surface area contributed by atoms with E-state index in [-0.39, 0.29) is 5.95 Å². The van der Waals surface area contributed by atoms with Crippen LogP contribution in [-0.2, 0) is 0 Å². The predicted octanol–water partition coefficient (Wildman–Crippen LogP) is 2.96. The van der Waals surface area contributed by atoms with Gasteiger partial charge in [0, 0.05) is 22.0 Å². The van der Waals surface area contributed by atoms with Gasteiger partial charge < -0.3 is 4.98 Å². The van der Waals surface area contributed by atoms with Crippen LogP contribution in [0.15, 0.2) is 24.3 Å². The zero-order valence-corrected chi connectivity index (χ0v) is 6.32. The van der Waals surface area contributed by atoms with Crippen molar-refractivity contribution in [2.45, 2.75) is 0 Å². The Balaban J connectivity index is 2.82. The summed E-state index contributed by atoms with van der Waals surface area (Å²) in [6.45, 7) is 0. The van der Waals surface area contributed by atoms with Gasteiger partial charge >= 0.3 is 0 Å². The van der Waals surface area contributed by atoms with Crippen molar-refractivity contribution in [2.75, 3.05) is 0 Å². The molecule has 0 saturated heterocycles. The number of halogens is 2. The average molecular weight is 170 g/mol. The van der Waals surface area contributed by atoms with Crippen molar-refractivity contribution in [1.29, 1.82) is 0 Å². The lowest BCUT2D eigenvalue weighted by molar-refractivity contribution is 0.595. The van der Waals surface area contributed by atoms with Crippen molar-refractivity contribution in [1.82, 2.24) is 4.98 Å². The maximum Gasteiger partial charge on any atom is 0.192 e. The van der Waals surface area contributed by atoms with E-state index in [0.717, 1.165) is 10.9 Å². The van der Waals surface area contributed by atoms with E-state index >= 15 is 0 Å². The molecule has 2 aromatic rings. The number of nitrogens with one attached hydrogen (secondary N) is 1. The molecule has 1 aromatic heterocycles. The van der Waals surface area contributed by atoms with Crippen LogP contribution in [0.1, 0.15) is 0 Å². The second-order valence-electron chi connectivity index (χ2n) is 2.35. The van der Waals surface area contributed by atoms with Crippen LogP contribution in [0.4, 0.5) is 4.39 Å². The Morgan fingerprint density at radius 2 is 2.09 bits per heavy atom. The fourth-order valence-electron chi connectivity index (χ4n) is 1.07. The van der Waals surface area contributed by atoms with Gasteiger partial charge in [0.2, 0.25) is 0 Å². The zero-order valence-electron chi connectivity index (χ0n) is 5.57. The van der Waals surface area contributed by atoms with E-state index in [0.29, 0.717) is 5.02 Å². The highest BCUT2D eigenvalue weighted by Crippen LogP contribution is 2.18. The molecule has 2 rings (SSSR count). The first kappa shape index (κ1) is 6.68. The molecule has 0 saturated carbocycles. The summed E-state index contributed by atoms with van der Waals surface area (Å²) >= 11 is 5.69. The highest BCUT2D eigenvalue weighted by atomic mass is 35.5. The van der Waals surface area contributed by atoms with Crippen LogP contribution < -0.4 is 0 Å². The second kappa shape index (κ2) is 2.24. The van der Waals surface area contributed by atoms with E-state index < -0.39 is 0 Å². The fraction of sp³-hybridized carbons (Fsp3) is 0. The number of hydrogen-bond donors (Lipinski definition) is 1. The van der Waals surface area contributed by atoms with Gasteiger partial charge in [-0.1, -0.05) is 11.6 Å². The van der Waals surface area contributed by atoms with Gasteiger partial charge in [-0.15, -0.1) is 0 Å². The van der Waals surface area contributed by atoms with Gasteiger partial charge in [-0.2, -0.15) is 4.39 Å². The van der Waals surface area contributed by atoms with Crippen molar-refractivity contribution in [3.63, 3.8) is 0 Å². The van der Waals surface area contributed by atoms with E-state index in [2.05, 4.69) is 4.98 Å². The average Bonchev–Trinajstić information content (AvgIpc) is 2.27. The van der Waals surface area contributed by atoms with Gasteiger partial charge in [0.15, 0.2) is 5.95 Å². The van der Waals surface area contributed by atoms with E-state index in [1.807, 2.05) is 0 Å². The summed E-state index contributed by atoms with van der Waals surface area (Å²) in [5.41, 5.74) is 0.770. The number of H-pyrrole nitrogens is 1. The fourth-order valence-corrected chi connectivity index (χ4v) is 1.25. The van der Waals surface area contributed by atoms with Gasteiger partial charge in [-0.05, 0) is 18.2 Å². The monoisotopic (exact) mass is 169 g/mol. The molecule has 1 heterocycles. The molecular formula is C8H5ClFN. The Morgan fingerprint density at radius 3 is 2.91 bits per heavy atom. The minimum absolute atomic E-state index is 0.331. The maximum absolute atomic E-state index is 12.6. The molecule has 3 heteroatoms. The Hall–Kier alpha value is -1.02. The molecule has 1 N–H and O–H groups in total. The number of aromatic amines is 1. The predicted molar refractivity (Wildman–Crippen MR) is 43.3 cm³/mol. The lowest BCUT2D eigenvalue weighted by atomic mass is 10.2. The summed E-state index contributed by atoms with van der Waals surface area (Å²) in [5, 5.41) is 1.42. The largest absolute Gasteiger partial charge is 0.331 e. The third-order valence-corrected chi connectivity index (χ3v) is 1.79. The molecule has 0 spiro atoms. The number of fused-ring (bicyclic) bond motifs is 1. The van der Waals surface area contributed by atoms with Crippen LogP contribution >= 0.6 is 11.6 Å². The molecule has 0 radical (unpaired) electrons. The van der Waals surface area contributed by atoms with Crippen LogP contribution in [0.5, 0.6) is 0 Å². The molecule has 1 aromatic carbocycles. The topological polar surface area (TPSA) is 15.8 Å². The molecule has 0 bridgehead atoms. The Bertz CT molecular complexity index is 394. The van der Waals surface area contributed by atoms with Crippen molar-refractivity contribution >= 4 is 22.5 Å². The third-order valence-electron chi connectivity index (χ3n) is 1.55. The van der Waals surface area contributed by atoms with E-state index in [9.17, 15) is 4.39 Å². The molecule has 56 valence electrons. The zero-order chi connectivity index (χ0) is 7.84. The molecular weight excluding hydrogens is 165 g/mol. The molecule has 0 atom stereocenters. The molecule has 0 aliphatic heterocycles. The quantitative estimate of drug-likeness (QED) is 0.624. The van der Waals surface area contributed by atoms with E-state index in [4.69, 9.17) is 11.6 Å². The summed E-state index contributed by atoms with van der Waals surface area (Å²) in [6, 6.07) is 6.61. The Morgan fingerprint density at radius 1 is 1.27 bits per heavy atom. The lowest BCUT2D eigenvalue weighted by Crippen LogP contribution is -1.67. The highest BCUT2D eigenvalue weighted by Gasteiger charge is 1.98. The summed E-state index contributed by atoms with van der Waals surface area (Å²) in [6.07, 6.45) is 0. The van der Waals surface area contributed by atoms with Gasteiger partial charge in [-0.3, -0.25) is 0 Å². The Labute approximate surface area is 67.8 Å². The minimum Gasteiger partial charge on any atom is -0.331 e. The standard InChI is InChI=1S/C8H5ClFN/c9-6-1-2-7-5(3-6)4-8(10)11-7/h1-4,11H. The van der Waals surface area contributed by atoms with Crippen molar-refractivity contribution in [3.05, 3.63) is 35.2 Å². The molecule has 0 aliphatic carbocycles. The van der Waals surface area contributed by atoms with Crippen LogP contribution in [0.2, 0.25) is 5.02 Å². The smallest absolute Gasteiger partial charge is 0.192 e. The van der Waals surface area contributed by atoms with Crippen molar-refractivity contribution in [3.8, 4) is 0 Å². The molecule has 0 unspecified atom stereocenters. The van der Waals surface area contributed by atoms with Gasteiger partial charge in [-0.25, -0.2) is 0 Å². The SMILES string of the molecule is Fc1cc2cc(Cl)ccc2[nH]1. The van der Waals surface area contributed by atoms with Gasteiger partial charge in [0.1, 0.15) is 0 Å². The van der Waals surface area contributed by atoms with Gasteiger partial charge in [0.25, 0.3) is 0 Å². The highest BCUT2D eigenvalue weighted by molar-refractivity contribution is 6.31. The maximum atomic E-state index is 12.6. The van der Waals surface area contributed by atoms with E-state index in [1.165, 1.54) is 6.07 Å². The first-order valence-corrected chi connectivity index (χ1v) is 3.57. The molecule has 0 fully saturated rings. The molecule has 1 nitrogen and oxygen atoms in total. The summed E-state index contributed by atoms with van der Waals surface area (Å²) < 4.78 is 12.6. The molecule has 0 amide bonds. The summed E-state index contributed by atoms with van der Waals surface area (Å²) in [7, 11) is 0. The number of benzene rings is 1. The summed E-state index contributed by atoms with van der Waals surface area (Å²) in [5.74, 6) is -0.331. The lowest BCUT2D eigenvalue weighted by Gasteiger charge is -1.88. The van der Waals surface area contributed by atoms with Crippen LogP contribution in [0, 0.1) is 5.95 Å². The summed E-state index contributed by atoms with van der Waals surface area (Å²) in [4.78, 5) is 2.56. The molecule has 0 aliphatic rings. The number of hydrogen-bond acceptors (Lipinski definition) is 0. The number of rotatable bonds is 0. The van der Waals surface area contributed by atoms with Crippen LogP contribution in [0.3, 0.4) is 0 Å². The first-order valence-electron chi connectivity index (χ1n) is 3.19. The first-order chi connectivity index (χ1) is 5.25. The minimum atomic E-state index is -0.331. The Kier molecular flexibility index (Phi) is 1.36. The number of aromatic nitrogens is 1. The second-order valence-corrected chi connectivity index (χ2v) is 2.79. The van der Waals surface area contributed by atoms with Gasteiger partial charge in [0.05, 0.1) is 0 Å². The van der Waals surface area contributed by atoms with Crippen molar-refractivity contribution in [2.24, 2.45) is 0 Å². The van der Waals surface area contributed by atoms with E-state index in [1.54, 1.807) is 18.2 Å². The third kappa shape index (κ3) is 1.10. The van der Waals surface area contributed by atoms with Crippen LogP contribution in [-0.4, -0.2) is 4.98 Å². The normalized spacial score (nSPS) is 10.7. The van der Waals surface area contributed by atoms with Crippen LogP contribution in [0.25, 0.3) is 10.9 Å².